The molecule has 2 saturated heterocycles. The average molecular weight is 400 g/mol. The maximum absolute atomic E-state index is 12.7. The molecule has 2 fully saturated rings. The highest BCUT2D eigenvalue weighted by Crippen LogP contribution is 2.27. The number of benzene rings is 1. The number of nitrogens with one attached hydrogen (secondary N) is 1. The molecule has 0 bridgehead atoms. The molecule has 146 valence electrons. The summed E-state index contributed by atoms with van der Waals surface area (Å²) in [5.74, 6) is -0.214. The van der Waals surface area contributed by atoms with E-state index in [1.165, 1.54) is 0 Å². The van der Waals surface area contributed by atoms with E-state index in [-0.39, 0.29) is 17.9 Å². The molecule has 1 N–H and O–H groups in total. The number of amides is 2. The lowest BCUT2D eigenvalue weighted by molar-refractivity contribution is -0.132. The number of hydrogen-bond acceptors (Lipinski definition) is 5. The van der Waals surface area contributed by atoms with Crippen LogP contribution in [0.4, 0.5) is 11.6 Å². The van der Waals surface area contributed by atoms with Crippen molar-refractivity contribution in [1.82, 2.24) is 15.3 Å². The average Bonchev–Trinajstić information content (AvgIpc) is 3.11. The van der Waals surface area contributed by atoms with Gasteiger partial charge in [0.1, 0.15) is 5.92 Å². The number of hydrogen-bond donors (Lipinski definition) is 1. The van der Waals surface area contributed by atoms with Crippen LogP contribution in [-0.2, 0) is 9.59 Å². The molecule has 0 saturated carbocycles. The summed E-state index contributed by atoms with van der Waals surface area (Å²) < 4.78 is 0. The van der Waals surface area contributed by atoms with E-state index >= 15 is 0 Å². The summed E-state index contributed by atoms with van der Waals surface area (Å²) in [6.07, 6.45) is 5.62. The molecule has 2 aliphatic heterocycles. The highest BCUT2D eigenvalue weighted by atomic mass is 35.5. The summed E-state index contributed by atoms with van der Waals surface area (Å²) in [7, 11) is 0. The number of piperidine rings is 1. The first-order valence-electron chi connectivity index (χ1n) is 9.51. The largest absolute Gasteiger partial charge is 0.353 e. The molecule has 0 aliphatic carbocycles. The highest BCUT2D eigenvalue weighted by Gasteiger charge is 2.38. The second kappa shape index (κ2) is 8.14. The quantitative estimate of drug-likeness (QED) is 0.798. The van der Waals surface area contributed by atoms with Gasteiger partial charge in [0.05, 0.1) is 0 Å². The van der Waals surface area contributed by atoms with Gasteiger partial charge in [-0.05, 0) is 49.6 Å². The van der Waals surface area contributed by atoms with Crippen LogP contribution in [-0.4, -0.2) is 47.5 Å². The number of anilines is 2. The zero-order valence-corrected chi connectivity index (χ0v) is 16.2. The Balaban J connectivity index is 1.31. The summed E-state index contributed by atoms with van der Waals surface area (Å²) in [5, 5.41) is 3.69. The molecule has 2 amide bonds. The van der Waals surface area contributed by atoms with Crippen LogP contribution >= 0.6 is 11.6 Å². The monoisotopic (exact) mass is 399 g/mol. The molecule has 2 aromatic rings. The van der Waals surface area contributed by atoms with Gasteiger partial charge in [-0.2, -0.15) is 0 Å². The van der Waals surface area contributed by atoms with E-state index in [1.807, 2.05) is 12.1 Å². The molecule has 2 aliphatic rings. The van der Waals surface area contributed by atoms with Crippen LogP contribution in [0.1, 0.15) is 19.3 Å². The van der Waals surface area contributed by atoms with Crippen molar-refractivity contribution in [3.8, 4) is 0 Å². The van der Waals surface area contributed by atoms with Crippen molar-refractivity contribution < 1.29 is 9.59 Å². The van der Waals surface area contributed by atoms with Crippen LogP contribution in [0.5, 0.6) is 0 Å². The number of carbonyl (C=O) groups excluding carboxylic acids is 2. The van der Waals surface area contributed by atoms with Crippen molar-refractivity contribution in [3.05, 3.63) is 47.7 Å². The Kier molecular flexibility index (Phi) is 5.43. The van der Waals surface area contributed by atoms with E-state index in [4.69, 9.17) is 11.6 Å². The molecule has 8 heteroatoms. The third-order valence-electron chi connectivity index (χ3n) is 5.34. The van der Waals surface area contributed by atoms with Gasteiger partial charge in [-0.3, -0.25) is 9.59 Å². The second-order valence-electron chi connectivity index (χ2n) is 7.13. The predicted octanol–water partition coefficient (Wildman–Crippen LogP) is 2.27. The molecule has 4 rings (SSSR count). The Hall–Kier alpha value is -2.67. The van der Waals surface area contributed by atoms with Crippen LogP contribution in [0.15, 0.2) is 42.7 Å². The lowest BCUT2D eigenvalue weighted by Crippen LogP contribution is -2.47. The minimum absolute atomic E-state index is 0.0739. The first kappa shape index (κ1) is 18.7. The molecular weight excluding hydrogens is 378 g/mol. The fourth-order valence-electron chi connectivity index (χ4n) is 3.78. The van der Waals surface area contributed by atoms with Crippen LogP contribution in [0, 0.1) is 5.92 Å². The number of rotatable bonds is 4. The Morgan fingerprint density at radius 1 is 1.04 bits per heavy atom. The van der Waals surface area contributed by atoms with Crippen LogP contribution < -0.4 is 15.1 Å². The minimum Gasteiger partial charge on any atom is -0.353 e. The van der Waals surface area contributed by atoms with E-state index < -0.39 is 5.92 Å². The number of carbonyl (C=O) groups is 2. The molecule has 7 nitrogen and oxygen atoms in total. The maximum Gasteiger partial charge on any atom is 0.239 e. The third kappa shape index (κ3) is 3.94. The standard InChI is InChI=1S/C20H22ClN5O2/c21-14-2-4-16(5-3-14)26-13-8-17(19(26)28)18(27)24-15-6-11-25(12-7-15)20-22-9-1-10-23-20/h1-5,9-10,15,17H,6-8,11-13H2,(H,24,27). The van der Waals surface area contributed by atoms with Crippen molar-refractivity contribution in [2.75, 3.05) is 29.4 Å². The Labute approximate surface area is 168 Å². The minimum atomic E-state index is -0.619. The Morgan fingerprint density at radius 3 is 2.39 bits per heavy atom. The molecule has 0 radical (unpaired) electrons. The maximum atomic E-state index is 12.7. The number of halogens is 1. The van der Waals surface area contributed by atoms with Gasteiger partial charge in [0, 0.05) is 48.8 Å². The summed E-state index contributed by atoms with van der Waals surface area (Å²) in [6.45, 7) is 2.11. The van der Waals surface area contributed by atoms with Crippen LogP contribution in [0.3, 0.4) is 0 Å². The van der Waals surface area contributed by atoms with E-state index in [1.54, 1.807) is 35.5 Å². The van der Waals surface area contributed by atoms with Crippen molar-refractivity contribution in [1.29, 1.82) is 0 Å². The summed E-state index contributed by atoms with van der Waals surface area (Å²) in [6, 6.07) is 8.99. The highest BCUT2D eigenvalue weighted by molar-refractivity contribution is 6.30. The van der Waals surface area contributed by atoms with Crippen LogP contribution in [0.25, 0.3) is 0 Å². The summed E-state index contributed by atoms with van der Waals surface area (Å²) in [4.78, 5) is 37.7. The van der Waals surface area contributed by atoms with Gasteiger partial charge in [-0.1, -0.05) is 11.6 Å². The normalized spacial score (nSPS) is 20.5. The van der Waals surface area contributed by atoms with Crippen molar-refractivity contribution in [2.45, 2.75) is 25.3 Å². The first-order chi connectivity index (χ1) is 13.6. The van der Waals surface area contributed by atoms with Crippen molar-refractivity contribution >= 4 is 35.1 Å². The van der Waals surface area contributed by atoms with Gasteiger partial charge in [0.15, 0.2) is 0 Å². The predicted molar refractivity (Wildman–Crippen MR) is 107 cm³/mol. The molecule has 1 aromatic heterocycles. The molecule has 1 unspecified atom stereocenters. The number of nitrogens with zero attached hydrogens (tertiary/aromatic N) is 4. The Bertz CT molecular complexity index is 837. The van der Waals surface area contributed by atoms with Gasteiger partial charge in [-0.15, -0.1) is 0 Å². The van der Waals surface area contributed by atoms with Gasteiger partial charge in [-0.25, -0.2) is 9.97 Å². The zero-order chi connectivity index (χ0) is 19.5. The fraction of sp³-hybridized carbons (Fsp3) is 0.400. The van der Waals surface area contributed by atoms with Gasteiger partial charge in [0.25, 0.3) is 0 Å². The van der Waals surface area contributed by atoms with E-state index in [0.29, 0.717) is 18.0 Å². The molecular formula is C20H22ClN5O2. The van der Waals surface area contributed by atoms with Crippen LogP contribution in [0.2, 0.25) is 5.02 Å². The third-order valence-corrected chi connectivity index (χ3v) is 5.59. The molecule has 0 spiro atoms. The fourth-order valence-corrected chi connectivity index (χ4v) is 3.91. The summed E-state index contributed by atoms with van der Waals surface area (Å²) >= 11 is 5.91. The van der Waals surface area contributed by atoms with Gasteiger partial charge >= 0.3 is 0 Å². The van der Waals surface area contributed by atoms with Gasteiger partial charge < -0.3 is 15.1 Å². The van der Waals surface area contributed by atoms with E-state index in [9.17, 15) is 9.59 Å². The molecule has 3 heterocycles. The smallest absolute Gasteiger partial charge is 0.239 e. The van der Waals surface area contributed by atoms with E-state index in [0.717, 1.165) is 37.6 Å². The molecule has 1 aromatic carbocycles. The van der Waals surface area contributed by atoms with Crippen molar-refractivity contribution in [2.24, 2.45) is 5.92 Å². The van der Waals surface area contributed by atoms with E-state index in [2.05, 4.69) is 20.2 Å². The summed E-state index contributed by atoms with van der Waals surface area (Å²) in [5.41, 5.74) is 0.779. The van der Waals surface area contributed by atoms with Gasteiger partial charge in [0.2, 0.25) is 17.8 Å². The number of aromatic nitrogens is 2. The SMILES string of the molecule is O=C(NC1CCN(c2ncccn2)CC1)C1CCN(c2ccc(Cl)cc2)C1=O. The topological polar surface area (TPSA) is 78.4 Å². The lowest BCUT2D eigenvalue weighted by Gasteiger charge is -2.32. The lowest BCUT2D eigenvalue weighted by atomic mass is 10.0. The Morgan fingerprint density at radius 2 is 1.71 bits per heavy atom. The zero-order valence-electron chi connectivity index (χ0n) is 15.4. The van der Waals surface area contributed by atoms with Crippen molar-refractivity contribution in [3.63, 3.8) is 0 Å². The second-order valence-corrected chi connectivity index (χ2v) is 7.56. The molecule has 1 atom stereocenters. The first-order valence-corrected chi connectivity index (χ1v) is 9.89. The molecule has 28 heavy (non-hydrogen) atoms.